The van der Waals surface area contributed by atoms with E-state index in [2.05, 4.69) is 10.2 Å². The number of aliphatic hydroxyl groups excluding tert-OH is 1. The van der Waals surface area contributed by atoms with Crippen LogP contribution in [0.1, 0.15) is 68.3 Å². The summed E-state index contributed by atoms with van der Waals surface area (Å²) < 4.78 is 36.2. The van der Waals surface area contributed by atoms with Gasteiger partial charge in [0.1, 0.15) is 18.6 Å². The lowest BCUT2D eigenvalue weighted by Crippen LogP contribution is -2.70. The molecule has 56 heavy (non-hydrogen) atoms. The second-order valence-corrected chi connectivity index (χ2v) is 16.8. The molecule has 0 aliphatic carbocycles. The van der Waals surface area contributed by atoms with E-state index < -0.39 is 53.1 Å². The highest BCUT2D eigenvalue weighted by atomic mass is 35.5. The summed E-state index contributed by atoms with van der Waals surface area (Å²) in [5.41, 5.74) is 4.21. The highest BCUT2D eigenvalue weighted by Crippen LogP contribution is 2.64. The lowest BCUT2D eigenvalue weighted by molar-refractivity contribution is -0.186. The van der Waals surface area contributed by atoms with Gasteiger partial charge in [-0.2, -0.15) is 0 Å². The third-order valence-electron chi connectivity index (χ3n) is 12.5. The zero-order valence-corrected chi connectivity index (χ0v) is 33.2. The van der Waals surface area contributed by atoms with Gasteiger partial charge in [0, 0.05) is 46.5 Å². The number of hydrogen-bond donors (Lipinski definition) is 4. The Bertz CT molecular complexity index is 2170. The van der Waals surface area contributed by atoms with Gasteiger partial charge in [0.15, 0.2) is 40.0 Å². The van der Waals surface area contributed by atoms with Crippen molar-refractivity contribution in [2.24, 2.45) is 0 Å². The molecule has 3 aromatic rings. The first-order valence-electron chi connectivity index (χ1n) is 18.7. The topological polar surface area (TPSA) is 169 Å². The van der Waals surface area contributed by atoms with Crippen LogP contribution in [0, 0.1) is 13.8 Å². The number of fused-ring (bicyclic) bond motifs is 9. The van der Waals surface area contributed by atoms with Crippen LogP contribution in [-0.4, -0.2) is 108 Å². The maximum Gasteiger partial charge on any atom is 0.331 e. The van der Waals surface area contributed by atoms with Gasteiger partial charge in [-0.1, -0.05) is 6.07 Å². The number of benzene rings is 3. The zero-order valence-electron chi connectivity index (χ0n) is 31.6. The minimum atomic E-state index is -1.38. The fraction of sp³-hybridized carbons (Fsp3) is 0.500. The molecule has 16 heteroatoms. The van der Waals surface area contributed by atoms with E-state index in [0.717, 1.165) is 16.7 Å². The number of aryl methyl sites for hydroxylation is 1. The van der Waals surface area contributed by atoms with Gasteiger partial charge in [-0.05, 0) is 68.1 Å². The van der Waals surface area contributed by atoms with Gasteiger partial charge in [-0.15, -0.1) is 23.4 Å². The zero-order chi connectivity index (χ0) is 39.4. The molecule has 4 bridgehead atoms. The summed E-state index contributed by atoms with van der Waals surface area (Å²) in [7, 11) is 4.94. The van der Waals surface area contributed by atoms with Gasteiger partial charge < -0.3 is 43.7 Å². The number of ether oxygens (including phenoxy) is 6. The molecule has 2 fully saturated rings. The van der Waals surface area contributed by atoms with Crippen molar-refractivity contribution in [3.63, 3.8) is 0 Å². The predicted molar refractivity (Wildman–Crippen MR) is 204 cm³/mol. The summed E-state index contributed by atoms with van der Waals surface area (Å²) in [5.74, 6) is 0.866. The fourth-order valence-electron chi connectivity index (χ4n) is 10.1. The fourth-order valence-corrected chi connectivity index (χ4v) is 11.9. The Labute approximate surface area is 332 Å². The van der Waals surface area contributed by atoms with Crippen molar-refractivity contribution in [1.82, 2.24) is 15.1 Å². The van der Waals surface area contributed by atoms with E-state index in [0.29, 0.717) is 70.2 Å². The Morgan fingerprint density at radius 3 is 2.59 bits per heavy atom. The molecule has 0 saturated carbocycles. The highest BCUT2D eigenvalue weighted by molar-refractivity contribution is 7.99. The average Bonchev–Trinajstić information content (AvgIpc) is 3.67. The van der Waals surface area contributed by atoms with Gasteiger partial charge in [0.05, 0.1) is 44.0 Å². The number of piperazine rings is 1. The molecule has 2 saturated heterocycles. The number of methoxy groups -OCH3 is 2. The molecule has 298 valence electrons. The van der Waals surface area contributed by atoms with Crippen LogP contribution in [0.15, 0.2) is 18.2 Å². The molecule has 7 heterocycles. The Morgan fingerprint density at radius 2 is 1.84 bits per heavy atom. The molecule has 7 atom stereocenters. The number of phenols is 2. The minimum Gasteiger partial charge on any atom is -0.504 e. The molecule has 7 aliphatic heterocycles. The monoisotopic (exact) mass is 809 g/mol. The van der Waals surface area contributed by atoms with Crippen LogP contribution in [0.25, 0.3) is 0 Å². The average molecular weight is 810 g/mol. The Morgan fingerprint density at radius 1 is 1.05 bits per heavy atom. The van der Waals surface area contributed by atoms with Crippen molar-refractivity contribution >= 4 is 35.3 Å². The summed E-state index contributed by atoms with van der Waals surface area (Å²) in [6.07, 6.45) is -0.106. The summed E-state index contributed by atoms with van der Waals surface area (Å²) in [4.78, 5) is 32.3. The summed E-state index contributed by atoms with van der Waals surface area (Å²) in [5, 5.41) is 38.3. The quantitative estimate of drug-likeness (QED) is 0.166. The number of aliphatic hydroxyl groups is 1. The lowest BCUT2D eigenvalue weighted by Gasteiger charge is -2.62. The number of nitrogens with one attached hydrogen (secondary N) is 1. The molecule has 0 aromatic heterocycles. The Hall–Kier alpha value is -4.12. The maximum absolute atomic E-state index is 14.7. The van der Waals surface area contributed by atoms with Crippen molar-refractivity contribution in [3.05, 3.63) is 62.7 Å². The van der Waals surface area contributed by atoms with E-state index in [4.69, 9.17) is 40.0 Å². The first kappa shape index (κ1) is 37.5. The molecular weight excluding hydrogens is 766 g/mol. The molecule has 10 rings (SSSR count). The third-order valence-corrected chi connectivity index (χ3v) is 14.2. The van der Waals surface area contributed by atoms with Crippen molar-refractivity contribution in [1.29, 1.82) is 0 Å². The highest BCUT2D eigenvalue weighted by Gasteiger charge is 2.61. The van der Waals surface area contributed by atoms with E-state index in [9.17, 15) is 24.9 Å². The standard InChI is InChI=1S/C40H44ClN3O11S/c1-17-10-20-11-22-38(48)44-23-14-52-39(49)40(21-13-25(50-4)24(45)12-19(21)7-9-42-40)15-56-37(31(44)30(43(22)3)27(20)32(47)33(17)51-5)29-28(23)36-35(53-16-54-36)18(2)34(29)55-26(46)6-8-41/h10,12-13,22-23,30-31,37-38,42,45,47-48H,6-9,11,14-16H2,1-5H3/t22-,23+,30+,31?,37+,38-,40+/m0/s1. The second kappa shape index (κ2) is 13.8. The number of hydrogen-bond acceptors (Lipinski definition) is 15. The van der Waals surface area contributed by atoms with E-state index in [-0.39, 0.29) is 48.7 Å². The molecule has 0 amide bonds. The second-order valence-electron chi connectivity index (χ2n) is 15.2. The number of aromatic hydroxyl groups is 2. The number of carbonyl (C=O) groups excluding carboxylic acids is 2. The van der Waals surface area contributed by atoms with E-state index >= 15 is 0 Å². The van der Waals surface area contributed by atoms with Crippen LogP contribution in [0.3, 0.4) is 0 Å². The first-order chi connectivity index (χ1) is 26.9. The van der Waals surface area contributed by atoms with Gasteiger partial charge >= 0.3 is 11.9 Å². The third kappa shape index (κ3) is 5.24. The Kier molecular flexibility index (Phi) is 9.21. The first-order valence-corrected chi connectivity index (χ1v) is 20.3. The van der Waals surface area contributed by atoms with Crippen LogP contribution in [0.5, 0.6) is 40.2 Å². The minimum absolute atomic E-state index is 0.0284. The number of nitrogens with zero attached hydrogens (tertiary/aromatic N) is 2. The molecule has 3 aromatic carbocycles. The molecule has 0 radical (unpaired) electrons. The van der Waals surface area contributed by atoms with Crippen LogP contribution < -0.4 is 29.0 Å². The Balaban J connectivity index is 1.32. The molecule has 1 unspecified atom stereocenters. The maximum atomic E-state index is 14.7. The van der Waals surface area contributed by atoms with Crippen LogP contribution in [0.4, 0.5) is 0 Å². The van der Waals surface area contributed by atoms with Gasteiger partial charge in [-0.25, -0.2) is 4.79 Å². The molecule has 4 N–H and O–H groups in total. The number of likely N-dealkylation sites (N-methyl/N-ethyl adjacent to an activating group) is 1. The number of carbonyl (C=O) groups is 2. The summed E-state index contributed by atoms with van der Waals surface area (Å²) in [6.45, 7) is 3.85. The number of halogens is 1. The molecule has 7 aliphatic rings. The molecule has 1 spiro atoms. The lowest BCUT2D eigenvalue weighted by atomic mass is 9.73. The molecular formula is C40H44ClN3O11S. The van der Waals surface area contributed by atoms with E-state index in [1.807, 2.05) is 31.9 Å². The van der Waals surface area contributed by atoms with Crippen molar-refractivity contribution in [2.45, 2.75) is 74.3 Å². The van der Waals surface area contributed by atoms with Gasteiger partial charge in [0.25, 0.3) is 0 Å². The predicted octanol–water partition coefficient (Wildman–Crippen LogP) is 4.02. The van der Waals surface area contributed by atoms with Crippen LogP contribution >= 0.6 is 23.4 Å². The van der Waals surface area contributed by atoms with Crippen molar-refractivity contribution in [3.8, 4) is 40.2 Å². The normalized spacial score (nSPS) is 28.8. The van der Waals surface area contributed by atoms with Crippen LogP contribution in [0.2, 0.25) is 0 Å². The number of phenolic OH excluding ortho intramolecular Hbond substituents is 2. The van der Waals surface area contributed by atoms with E-state index in [1.165, 1.54) is 26.0 Å². The van der Waals surface area contributed by atoms with Crippen molar-refractivity contribution < 1.29 is 53.3 Å². The SMILES string of the molecule is COc1cc2c(cc1O)CCN[C@]21CS[C@@H]2c3c(OC(=O)CCCl)c(C)c4c(c3[C@@H](COC1=O)N1C2[C@H]2c3c(cc(C)c(OC)c3O)C[C@@H]([C@@H]1O)N2C)OCO4. The summed E-state index contributed by atoms with van der Waals surface area (Å²) in [6, 6.07) is 3.03. The number of thioether (sulfide) groups is 1. The van der Waals surface area contributed by atoms with Crippen molar-refractivity contribution in [2.75, 3.05) is 52.8 Å². The molecule has 14 nitrogen and oxygen atoms in total. The smallest absolute Gasteiger partial charge is 0.331 e. The van der Waals surface area contributed by atoms with Crippen LogP contribution in [-0.2, 0) is 32.7 Å². The van der Waals surface area contributed by atoms with Gasteiger partial charge in [-0.3, -0.25) is 19.9 Å². The largest absolute Gasteiger partial charge is 0.504 e. The summed E-state index contributed by atoms with van der Waals surface area (Å²) >= 11 is 7.49. The number of rotatable bonds is 5. The number of alkyl halides is 1. The van der Waals surface area contributed by atoms with E-state index in [1.54, 1.807) is 12.1 Å². The van der Waals surface area contributed by atoms with Gasteiger partial charge in [0.2, 0.25) is 6.79 Å². The number of esters is 2.